The van der Waals surface area contributed by atoms with Gasteiger partial charge in [-0.2, -0.15) is 0 Å². The van der Waals surface area contributed by atoms with E-state index in [2.05, 4.69) is 9.97 Å². The largest absolute Gasteiger partial charge is 0.345 e. The molecule has 1 heterocycles. The fraction of sp³-hybridized carbons (Fsp3) is 0.118. The Kier molecular flexibility index (Phi) is 4.88. The van der Waals surface area contributed by atoms with Gasteiger partial charge < -0.3 is 4.98 Å². The standard InChI is InChI=1S/C17H12Cl4N2/c1-9-17(13-5-4-12(19)8-15(13)21)23-16(22-9)6-10-2-3-11(18)7-14(10)20/h2-5,7-8H,6H2,1H3,(H,22,23). The van der Waals surface area contributed by atoms with Gasteiger partial charge in [0.1, 0.15) is 5.82 Å². The number of nitrogens with one attached hydrogen (secondary N) is 1. The molecule has 0 amide bonds. The average molecular weight is 386 g/mol. The molecule has 6 heteroatoms. The third kappa shape index (κ3) is 3.67. The maximum atomic E-state index is 6.27. The number of halogens is 4. The van der Waals surface area contributed by atoms with Crippen molar-refractivity contribution in [3.63, 3.8) is 0 Å². The number of hydrogen-bond donors (Lipinski definition) is 1. The van der Waals surface area contributed by atoms with Crippen LogP contribution in [0.4, 0.5) is 0 Å². The van der Waals surface area contributed by atoms with Crippen LogP contribution in [0.1, 0.15) is 17.1 Å². The van der Waals surface area contributed by atoms with Gasteiger partial charge >= 0.3 is 0 Å². The smallest absolute Gasteiger partial charge is 0.111 e. The second kappa shape index (κ2) is 6.74. The minimum Gasteiger partial charge on any atom is -0.345 e. The van der Waals surface area contributed by atoms with Gasteiger partial charge in [-0.1, -0.05) is 52.5 Å². The van der Waals surface area contributed by atoms with Crippen LogP contribution in [0.2, 0.25) is 20.1 Å². The van der Waals surface area contributed by atoms with Crippen molar-refractivity contribution >= 4 is 46.4 Å². The van der Waals surface area contributed by atoms with Crippen LogP contribution in [-0.2, 0) is 6.42 Å². The molecule has 0 bridgehead atoms. The summed E-state index contributed by atoms with van der Waals surface area (Å²) in [6.45, 7) is 1.96. The zero-order chi connectivity index (χ0) is 16.6. The number of H-pyrrole nitrogens is 1. The van der Waals surface area contributed by atoms with Gasteiger partial charge in [0, 0.05) is 32.7 Å². The Labute approximate surface area is 154 Å². The Morgan fingerprint density at radius 2 is 1.57 bits per heavy atom. The average Bonchev–Trinajstić information content (AvgIpc) is 2.83. The Balaban J connectivity index is 1.94. The van der Waals surface area contributed by atoms with E-state index >= 15 is 0 Å². The summed E-state index contributed by atoms with van der Waals surface area (Å²) in [5.74, 6) is 0.813. The van der Waals surface area contributed by atoms with E-state index in [0.29, 0.717) is 26.5 Å². The molecule has 2 nitrogen and oxygen atoms in total. The molecule has 0 spiro atoms. The number of hydrogen-bond acceptors (Lipinski definition) is 1. The summed E-state index contributed by atoms with van der Waals surface area (Å²) < 4.78 is 0. The van der Waals surface area contributed by atoms with E-state index in [4.69, 9.17) is 46.4 Å². The molecule has 0 saturated heterocycles. The number of imidazole rings is 1. The first-order valence-corrected chi connectivity index (χ1v) is 8.40. The van der Waals surface area contributed by atoms with Gasteiger partial charge in [-0.3, -0.25) is 0 Å². The highest BCUT2D eigenvalue weighted by Gasteiger charge is 2.13. The topological polar surface area (TPSA) is 28.7 Å². The predicted octanol–water partition coefficient (Wildman–Crippen LogP) is 6.59. The summed E-state index contributed by atoms with van der Waals surface area (Å²) in [4.78, 5) is 7.94. The van der Waals surface area contributed by atoms with Gasteiger partial charge in [0.2, 0.25) is 0 Å². The van der Waals surface area contributed by atoms with Gasteiger partial charge in [0.05, 0.1) is 10.7 Å². The predicted molar refractivity (Wildman–Crippen MR) is 98.0 cm³/mol. The lowest BCUT2D eigenvalue weighted by molar-refractivity contribution is 1.02. The highest BCUT2D eigenvalue weighted by atomic mass is 35.5. The zero-order valence-electron chi connectivity index (χ0n) is 12.1. The van der Waals surface area contributed by atoms with Gasteiger partial charge in [-0.25, -0.2) is 4.98 Å². The van der Waals surface area contributed by atoms with Crippen LogP contribution in [0.5, 0.6) is 0 Å². The maximum Gasteiger partial charge on any atom is 0.111 e. The molecule has 0 radical (unpaired) electrons. The monoisotopic (exact) mass is 384 g/mol. The number of benzene rings is 2. The number of aryl methyl sites for hydroxylation is 1. The minimum absolute atomic E-state index is 0.572. The molecular formula is C17H12Cl4N2. The van der Waals surface area contributed by atoms with Crippen LogP contribution >= 0.6 is 46.4 Å². The third-order valence-electron chi connectivity index (χ3n) is 3.49. The second-order valence-corrected chi connectivity index (χ2v) is 6.88. The number of aromatic amines is 1. The number of nitrogens with zero attached hydrogens (tertiary/aromatic N) is 1. The number of rotatable bonds is 3. The lowest BCUT2D eigenvalue weighted by atomic mass is 10.1. The van der Waals surface area contributed by atoms with E-state index < -0.39 is 0 Å². The van der Waals surface area contributed by atoms with Gasteiger partial charge in [0.15, 0.2) is 0 Å². The molecule has 0 atom stereocenters. The zero-order valence-corrected chi connectivity index (χ0v) is 15.2. The molecule has 0 aliphatic carbocycles. The lowest BCUT2D eigenvalue weighted by Gasteiger charge is -2.03. The maximum absolute atomic E-state index is 6.27. The molecule has 0 saturated carbocycles. The first kappa shape index (κ1) is 16.7. The molecule has 0 aliphatic heterocycles. The first-order chi connectivity index (χ1) is 10.9. The molecule has 118 valence electrons. The van der Waals surface area contributed by atoms with Crippen molar-refractivity contribution in [1.29, 1.82) is 0 Å². The Hall–Kier alpha value is -1.19. The van der Waals surface area contributed by atoms with Crippen molar-refractivity contribution < 1.29 is 0 Å². The highest BCUT2D eigenvalue weighted by molar-refractivity contribution is 6.36. The fourth-order valence-corrected chi connectivity index (χ4v) is 3.37. The van der Waals surface area contributed by atoms with Crippen molar-refractivity contribution in [2.75, 3.05) is 0 Å². The van der Waals surface area contributed by atoms with Crippen molar-refractivity contribution in [3.05, 3.63) is 73.6 Å². The normalized spacial score (nSPS) is 11.0. The van der Waals surface area contributed by atoms with Crippen LogP contribution in [0, 0.1) is 6.92 Å². The molecule has 0 aliphatic rings. The minimum atomic E-state index is 0.572. The number of aromatic nitrogens is 2. The summed E-state index contributed by atoms with van der Waals surface area (Å²) >= 11 is 24.4. The molecule has 1 aromatic heterocycles. The summed E-state index contributed by atoms with van der Waals surface area (Å²) in [5, 5.41) is 2.41. The lowest BCUT2D eigenvalue weighted by Crippen LogP contribution is -1.92. The summed E-state index contributed by atoms with van der Waals surface area (Å²) in [6, 6.07) is 10.8. The SMILES string of the molecule is Cc1[nH]c(Cc2ccc(Cl)cc2Cl)nc1-c1ccc(Cl)cc1Cl. The summed E-state index contributed by atoms with van der Waals surface area (Å²) in [6.07, 6.45) is 0.585. The second-order valence-electron chi connectivity index (χ2n) is 5.19. The van der Waals surface area contributed by atoms with Crippen molar-refractivity contribution in [2.45, 2.75) is 13.3 Å². The van der Waals surface area contributed by atoms with E-state index in [1.54, 1.807) is 18.2 Å². The van der Waals surface area contributed by atoms with Crippen LogP contribution in [0.25, 0.3) is 11.3 Å². The quantitative estimate of drug-likeness (QED) is 0.541. The van der Waals surface area contributed by atoms with Crippen molar-refractivity contribution in [2.24, 2.45) is 0 Å². The van der Waals surface area contributed by atoms with Gasteiger partial charge in [-0.05, 0) is 42.8 Å². The van der Waals surface area contributed by atoms with Gasteiger partial charge in [-0.15, -0.1) is 0 Å². The summed E-state index contributed by atoms with van der Waals surface area (Å²) in [7, 11) is 0. The van der Waals surface area contributed by atoms with Crippen LogP contribution < -0.4 is 0 Å². The Morgan fingerprint density at radius 3 is 2.22 bits per heavy atom. The molecule has 3 aromatic rings. The van der Waals surface area contributed by atoms with Crippen LogP contribution in [0.15, 0.2) is 36.4 Å². The molecule has 0 fully saturated rings. The molecule has 3 rings (SSSR count). The van der Waals surface area contributed by atoms with Crippen LogP contribution in [0.3, 0.4) is 0 Å². The molecule has 2 aromatic carbocycles. The van der Waals surface area contributed by atoms with E-state index in [1.165, 1.54) is 0 Å². The highest BCUT2D eigenvalue weighted by Crippen LogP contribution is 2.32. The molecule has 1 N–H and O–H groups in total. The van der Waals surface area contributed by atoms with Crippen molar-refractivity contribution in [3.8, 4) is 11.3 Å². The molecular weight excluding hydrogens is 374 g/mol. The van der Waals surface area contributed by atoms with Crippen LogP contribution in [-0.4, -0.2) is 9.97 Å². The van der Waals surface area contributed by atoms with Crippen molar-refractivity contribution in [1.82, 2.24) is 9.97 Å². The molecule has 23 heavy (non-hydrogen) atoms. The van der Waals surface area contributed by atoms with Gasteiger partial charge in [0.25, 0.3) is 0 Å². The van der Waals surface area contributed by atoms with E-state index in [-0.39, 0.29) is 0 Å². The van der Waals surface area contributed by atoms with E-state index in [9.17, 15) is 0 Å². The van der Waals surface area contributed by atoms with E-state index in [1.807, 2.05) is 25.1 Å². The summed E-state index contributed by atoms with van der Waals surface area (Å²) in [5.41, 5.74) is 3.55. The fourth-order valence-electron chi connectivity index (χ4n) is 2.40. The Morgan fingerprint density at radius 1 is 0.913 bits per heavy atom. The Bertz CT molecular complexity index is 871. The van der Waals surface area contributed by atoms with E-state index in [0.717, 1.165) is 28.3 Å². The first-order valence-electron chi connectivity index (χ1n) is 6.89. The molecule has 0 unspecified atom stereocenters. The third-order valence-corrected chi connectivity index (χ3v) is 4.63.